The maximum atomic E-state index is 2.62. The standard InChI is InChI=1S/C14H23N/c1-9-13-11(3-6-15(9)2)10-7-12(13)14(8-10)4-5-14/h9-13H,3-8H2,1-2H3. The van der Waals surface area contributed by atoms with E-state index in [1.807, 2.05) is 0 Å². The van der Waals surface area contributed by atoms with E-state index in [0.717, 1.165) is 35.1 Å². The third-order valence-electron chi connectivity index (χ3n) is 6.54. The van der Waals surface area contributed by atoms with Crippen LogP contribution < -0.4 is 0 Å². The van der Waals surface area contributed by atoms with Gasteiger partial charge in [-0.2, -0.15) is 0 Å². The summed E-state index contributed by atoms with van der Waals surface area (Å²) in [6.07, 6.45) is 7.88. The molecular weight excluding hydrogens is 182 g/mol. The second kappa shape index (κ2) is 2.61. The zero-order valence-corrected chi connectivity index (χ0v) is 10.1. The van der Waals surface area contributed by atoms with Crippen LogP contribution in [0.1, 0.15) is 39.0 Å². The van der Waals surface area contributed by atoms with E-state index in [1.165, 1.54) is 13.0 Å². The van der Waals surface area contributed by atoms with E-state index < -0.39 is 0 Å². The zero-order valence-electron chi connectivity index (χ0n) is 10.1. The molecule has 0 radical (unpaired) electrons. The Labute approximate surface area is 93.2 Å². The molecule has 4 aliphatic rings. The highest BCUT2D eigenvalue weighted by Crippen LogP contribution is 2.73. The third kappa shape index (κ3) is 0.988. The second-order valence-corrected chi connectivity index (χ2v) is 6.92. The molecule has 0 N–H and O–H groups in total. The minimum Gasteiger partial charge on any atom is -0.303 e. The highest BCUT2D eigenvalue weighted by atomic mass is 15.1. The van der Waals surface area contributed by atoms with E-state index in [9.17, 15) is 0 Å². The molecule has 0 aromatic rings. The average molecular weight is 205 g/mol. The summed E-state index contributed by atoms with van der Waals surface area (Å²) < 4.78 is 0. The van der Waals surface area contributed by atoms with E-state index in [2.05, 4.69) is 18.9 Å². The van der Waals surface area contributed by atoms with Crippen LogP contribution in [0.25, 0.3) is 0 Å². The Morgan fingerprint density at radius 1 is 1.27 bits per heavy atom. The SMILES string of the molecule is CC1C2C(CCN1C)C1CC2C2(CC2)C1. The van der Waals surface area contributed by atoms with Gasteiger partial charge in [0.15, 0.2) is 0 Å². The summed E-state index contributed by atoms with van der Waals surface area (Å²) in [7, 11) is 2.34. The molecule has 15 heavy (non-hydrogen) atoms. The summed E-state index contributed by atoms with van der Waals surface area (Å²) >= 11 is 0. The molecule has 84 valence electrons. The zero-order chi connectivity index (χ0) is 10.2. The molecule has 1 aliphatic heterocycles. The number of likely N-dealkylation sites (tertiary alicyclic amines) is 1. The van der Waals surface area contributed by atoms with Gasteiger partial charge in [-0.1, -0.05) is 0 Å². The predicted octanol–water partition coefficient (Wildman–Crippen LogP) is 2.76. The first-order chi connectivity index (χ1) is 7.21. The molecular formula is C14H23N. The predicted molar refractivity (Wildman–Crippen MR) is 61.6 cm³/mol. The molecule has 0 aromatic heterocycles. The molecule has 3 saturated carbocycles. The van der Waals surface area contributed by atoms with Crippen molar-refractivity contribution in [1.29, 1.82) is 0 Å². The first-order valence-corrected chi connectivity index (χ1v) is 6.91. The van der Waals surface area contributed by atoms with Gasteiger partial charge in [-0.15, -0.1) is 0 Å². The summed E-state index contributed by atoms with van der Waals surface area (Å²) in [5.74, 6) is 4.46. The smallest absolute Gasteiger partial charge is 0.00977 e. The van der Waals surface area contributed by atoms with Crippen molar-refractivity contribution in [3.05, 3.63) is 0 Å². The molecule has 5 atom stereocenters. The quantitative estimate of drug-likeness (QED) is 0.588. The van der Waals surface area contributed by atoms with Crippen LogP contribution >= 0.6 is 0 Å². The molecule has 5 unspecified atom stereocenters. The fourth-order valence-electron chi connectivity index (χ4n) is 5.55. The summed E-state index contributed by atoms with van der Waals surface area (Å²) in [6, 6.07) is 0.872. The van der Waals surface area contributed by atoms with Crippen molar-refractivity contribution < 1.29 is 0 Å². The summed E-state index contributed by atoms with van der Waals surface area (Å²) in [4.78, 5) is 2.62. The minimum absolute atomic E-state index is 0.872. The highest BCUT2D eigenvalue weighted by Gasteiger charge is 2.65. The lowest BCUT2D eigenvalue weighted by Gasteiger charge is -2.47. The van der Waals surface area contributed by atoms with Gasteiger partial charge in [-0.3, -0.25) is 0 Å². The Morgan fingerprint density at radius 2 is 2.07 bits per heavy atom. The topological polar surface area (TPSA) is 3.24 Å². The number of nitrogens with zero attached hydrogens (tertiary/aromatic N) is 1. The Bertz CT molecular complexity index is 294. The van der Waals surface area contributed by atoms with Gasteiger partial charge in [0.2, 0.25) is 0 Å². The molecule has 1 saturated heterocycles. The maximum Gasteiger partial charge on any atom is 0.00977 e. The van der Waals surface area contributed by atoms with Gasteiger partial charge in [0.25, 0.3) is 0 Å². The maximum absolute atomic E-state index is 2.62. The minimum atomic E-state index is 0.872. The second-order valence-electron chi connectivity index (χ2n) is 6.92. The summed E-state index contributed by atoms with van der Waals surface area (Å²) in [6.45, 7) is 3.85. The molecule has 4 fully saturated rings. The molecule has 1 heterocycles. The van der Waals surface area contributed by atoms with E-state index in [0.29, 0.717) is 0 Å². The Morgan fingerprint density at radius 3 is 2.80 bits per heavy atom. The van der Waals surface area contributed by atoms with Crippen molar-refractivity contribution in [3.63, 3.8) is 0 Å². The Balaban J connectivity index is 1.68. The van der Waals surface area contributed by atoms with E-state index in [-0.39, 0.29) is 0 Å². The van der Waals surface area contributed by atoms with Crippen LogP contribution in [-0.2, 0) is 0 Å². The van der Waals surface area contributed by atoms with Gasteiger partial charge < -0.3 is 4.90 Å². The van der Waals surface area contributed by atoms with Crippen molar-refractivity contribution in [2.45, 2.75) is 45.1 Å². The molecule has 2 bridgehead atoms. The van der Waals surface area contributed by atoms with Gasteiger partial charge in [0.05, 0.1) is 0 Å². The Kier molecular flexibility index (Phi) is 1.57. The summed E-state index contributed by atoms with van der Waals surface area (Å²) in [5.41, 5.74) is 0.887. The van der Waals surface area contributed by atoms with Gasteiger partial charge in [0, 0.05) is 6.04 Å². The van der Waals surface area contributed by atoms with E-state index >= 15 is 0 Å². The monoisotopic (exact) mass is 205 g/mol. The van der Waals surface area contributed by atoms with Gasteiger partial charge in [0.1, 0.15) is 0 Å². The molecule has 0 aromatic carbocycles. The highest BCUT2D eigenvalue weighted by molar-refractivity contribution is 5.15. The molecule has 1 nitrogen and oxygen atoms in total. The molecule has 1 spiro atoms. The molecule has 4 rings (SSSR count). The van der Waals surface area contributed by atoms with Gasteiger partial charge in [-0.25, -0.2) is 0 Å². The lowest BCUT2D eigenvalue weighted by molar-refractivity contribution is 0.0152. The fraction of sp³-hybridized carbons (Fsp3) is 1.00. The van der Waals surface area contributed by atoms with E-state index in [4.69, 9.17) is 0 Å². The lowest BCUT2D eigenvalue weighted by atomic mass is 9.66. The van der Waals surface area contributed by atoms with Crippen LogP contribution in [0.15, 0.2) is 0 Å². The number of hydrogen-bond acceptors (Lipinski definition) is 1. The number of piperidine rings is 1. The van der Waals surface area contributed by atoms with Crippen molar-refractivity contribution in [3.8, 4) is 0 Å². The van der Waals surface area contributed by atoms with Crippen molar-refractivity contribution in [2.24, 2.45) is 29.1 Å². The van der Waals surface area contributed by atoms with Crippen LogP contribution in [-0.4, -0.2) is 24.5 Å². The first-order valence-electron chi connectivity index (χ1n) is 6.91. The molecule has 3 aliphatic carbocycles. The van der Waals surface area contributed by atoms with Crippen molar-refractivity contribution >= 4 is 0 Å². The third-order valence-corrected chi connectivity index (χ3v) is 6.54. The van der Waals surface area contributed by atoms with Crippen LogP contribution in [0.2, 0.25) is 0 Å². The number of rotatable bonds is 0. The van der Waals surface area contributed by atoms with Crippen molar-refractivity contribution in [1.82, 2.24) is 4.90 Å². The van der Waals surface area contributed by atoms with Crippen molar-refractivity contribution in [2.75, 3.05) is 13.6 Å². The fourth-order valence-corrected chi connectivity index (χ4v) is 5.55. The molecule has 0 amide bonds. The Hall–Kier alpha value is -0.0400. The normalized spacial score (nSPS) is 56.0. The summed E-state index contributed by atoms with van der Waals surface area (Å²) in [5, 5.41) is 0. The number of hydrogen-bond donors (Lipinski definition) is 0. The van der Waals surface area contributed by atoms with E-state index in [1.54, 1.807) is 25.7 Å². The van der Waals surface area contributed by atoms with Crippen LogP contribution in [0.4, 0.5) is 0 Å². The lowest BCUT2D eigenvalue weighted by Crippen LogP contribution is -2.49. The van der Waals surface area contributed by atoms with Crippen LogP contribution in [0.3, 0.4) is 0 Å². The number of fused-ring (bicyclic) bond motifs is 6. The van der Waals surface area contributed by atoms with Crippen LogP contribution in [0.5, 0.6) is 0 Å². The van der Waals surface area contributed by atoms with Crippen LogP contribution in [0, 0.1) is 29.1 Å². The molecule has 1 heteroatoms. The van der Waals surface area contributed by atoms with Gasteiger partial charge >= 0.3 is 0 Å². The first kappa shape index (κ1) is 9.04. The average Bonchev–Trinajstić information content (AvgIpc) is 2.74. The largest absolute Gasteiger partial charge is 0.303 e. The van der Waals surface area contributed by atoms with Gasteiger partial charge in [-0.05, 0) is 81.7 Å².